The van der Waals surface area contributed by atoms with Gasteiger partial charge in [-0.15, -0.1) is 13.2 Å². The number of nitrogens with zero attached hydrogens (tertiary/aromatic N) is 3. The number of fused-ring (bicyclic) bond motifs is 1. The first kappa shape index (κ1) is 28.7. The largest absolute Gasteiger partial charge is 0.573 e. The maximum absolute atomic E-state index is 14.0. The molecular weight excluding hydrogens is 562 g/mol. The number of imide groups is 1. The van der Waals surface area contributed by atoms with E-state index in [1.165, 1.54) is 41.3 Å². The lowest BCUT2D eigenvalue weighted by Gasteiger charge is -2.38. The summed E-state index contributed by atoms with van der Waals surface area (Å²) in [5.74, 6) is -0.865. The minimum atomic E-state index is -4.82. The number of amides is 3. The van der Waals surface area contributed by atoms with Crippen molar-refractivity contribution in [3.8, 4) is 5.75 Å². The van der Waals surface area contributed by atoms with E-state index in [4.69, 9.17) is 27.6 Å². The molecule has 13 heteroatoms. The van der Waals surface area contributed by atoms with Gasteiger partial charge >= 0.3 is 12.4 Å². The van der Waals surface area contributed by atoms with E-state index in [-0.39, 0.29) is 52.3 Å². The summed E-state index contributed by atoms with van der Waals surface area (Å²) in [4.78, 5) is 34.1. The number of hydrogen-bond donors (Lipinski definition) is 0. The lowest BCUT2D eigenvalue weighted by atomic mass is 9.87. The van der Waals surface area contributed by atoms with Crippen LogP contribution in [0, 0.1) is 0 Å². The topological polar surface area (TPSA) is 72.0 Å². The summed E-state index contributed by atoms with van der Waals surface area (Å²) >= 11 is 12.1. The summed E-state index contributed by atoms with van der Waals surface area (Å²) in [7, 11) is -2.24. The number of aromatic nitrogens is 1. The van der Waals surface area contributed by atoms with Crippen LogP contribution >= 0.6 is 23.2 Å². The Morgan fingerprint density at radius 1 is 1.08 bits per heavy atom. The minimum Gasteiger partial charge on any atom is -0.412 e. The molecule has 38 heavy (non-hydrogen) atoms. The average Bonchev–Trinajstić information content (AvgIpc) is 3.19. The van der Waals surface area contributed by atoms with Crippen LogP contribution in [0.4, 0.5) is 23.7 Å². The number of benzene rings is 1. The van der Waals surface area contributed by atoms with E-state index in [9.17, 15) is 22.8 Å². The van der Waals surface area contributed by atoms with Gasteiger partial charge in [0.25, 0.3) is 5.91 Å². The number of hydrogen-bond acceptors (Lipinski definition) is 5. The molecule has 1 aromatic carbocycles. The lowest BCUT2D eigenvalue weighted by Crippen LogP contribution is -2.47. The maximum atomic E-state index is 14.0. The first-order chi connectivity index (χ1) is 17.4. The minimum absolute atomic E-state index is 0.0219. The quantitative estimate of drug-likeness (QED) is 0.210. The van der Waals surface area contributed by atoms with Gasteiger partial charge in [-0.05, 0) is 48.0 Å². The molecule has 1 unspecified atom stereocenters. The number of anilines is 1. The van der Waals surface area contributed by atoms with Gasteiger partial charge in [0.15, 0.2) is 8.32 Å². The molecule has 0 aliphatic carbocycles. The van der Waals surface area contributed by atoms with E-state index in [2.05, 4.69) is 43.6 Å². The fourth-order valence-corrected chi connectivity index (χ4v) is 6.47. The third kappa shape index (κ3) is 5.52. The van der Waals surface area contributed by atoms with Crippen molar-refractivity contribution in [3.63, 3.8) is 0 Å². The van der Waals surface area contributed by atoms with E-state index in [1.54, 1.807) is 0 Å². The number of rotatable bonds is 6. The fraction of sp³-hybridized carbons (Fsp3) is 0.480. The van der Waals surface area contributed by atoms with Crippen molar-refractivity contribution in [2.75, 3.05) is 11.4 Å². The number of carbonyl (C=O) groups is 2. The Bertz CT molecular complexity index is 1230. The highest BCUT2D eigenvalue weighted by atomic mass is 35.5. The second kappa shape index (κ2) is 9.69. The molecule has 0 radical (unpaired) electrons. The molecule has 7 nitrogen and oxygen atoms in total. The number of alkyl halides is 3. The Balaban J connectivity index is 1.70. The van der Waals surface area contributed by atoms with Gasteiger partial charge in [0.1, 0.15) is 21.6 Å². The van der Waals surface area contributed by atoms with Crippen LogP contribution in [0.2, 0.25) is 28.4 Å². The Morgan fingerprint density at radius 2 is 1.66 bits per heavy atom. The Hall–Kier alpha value is -2.34. The highest BCUT2D eigenvalue weighted by Gasteiger charge is 2.63. The summed E-state index contributed by atoms with van der Waals surface area (Å²) in [5.41, 5.74) is -0.556. The second-order valence-electron chi connectivity index (χ2n) is 11.1. The van der Waals surface area contributed by atoms with Crippen LogP contribution in [-0.2, 0) is 15.6 Å². The van der Waals surface area contributed by atoms with Gasteiger partial charge < -0.3 is 14.1 Å². The monoisotopic (exact) mass is 589 g/mol. The third-order valence-corrected chi connectivity index (χ3v) is 12.3. The normalized spacial score (nSPS) is 22.3. The number of ether oxygens (including phenoxy) is 1. The van der Waals surface area contributed by atoms with Crippen molar-refractivity contribution in [2.45, 2.75) is 69.8 Å². The van der Waals surface area contributed by atoms with Crippen LogP contribution in [0.25, 0.3) is 0 Å². The van der Waals surface area contributed by atoms with Crippen LogP contribution in [-0.4, -0.2) is 54.7 Å². The average molecular weight is 591 g/mol. The molecule has 206 valence electrons. The van der Waals surface area contributed by atoms with E-state index in [0.29, 0.717) is 5.56 Å². The van der Waals surface area contributed by atoms with Gasteiger partial charge in [0, 0.05) is 19.4 Å². The predicted octanol–water partition coefficient (Wildman–Crippen LogP) is 6.83. The molecule has 2 fully saturated rings. The van der Waals surface area contributed by atoms with Gasteiger partial charge in [-0.3, -0.25) is 4.79 Å². The maximum Gasteiger partial charge on any atom is 0.573 e. The fourth-order valence-electron chi connectivity index (χ4n) is 4.68. The van der Waals surface area contributed by atoms with Crippen LogP contribution in [0.3, 0.4) is 0 Å². The van der Waals surface area contributed by atoms with Crippen molar-refractivity contribution in [3.05, 3.63) is 52.3 Å². The Labute approximate surface area is 229 Å². The van der Waals surface area contributed by atoms with Crippen molar-refractivity contribution < 1.29 is 31.9 Å². The second-order valence-corrected chi connectivity index (χ2v) is 16.6. The van der Waals surface area contributed by atoms with Crippen LogP contribution in [0.15, 0.2) is 36.4 Å². The number of pyridine rings is 1. The van der Waals surface area contributed by atoms with Crippen molar-refractivity contribution >= 4 is 49.1 Å². The zero-order valence-corrected chi connectivity index (χ0v) is 24.0. The molecule has 2 atom stereocenters. The van der Waals surface area contributed by atoms with Crippen LogP contribution in [0.5, 0.6) is 5.75 Å². The van der Waals surface area contributed by atoms with Crippen molar-refractivity contribution in [1.82, 2.24) is 9.88 Å². The van der Waals surface area contributed by atoms with Gasteiger partial charge in [-0.1, -0.05) is 56.1 Å². The highest BCUT2D eigenvalue weighted by molar-refractivity contribution is 6.74. The van der Waals surface area contributed by atoms with E-state index < -0.39 is 32.2 Å². The standard InChI is InChI=1S/C25H28Cl2F3N3O4Si/c1-23(2,3)38(4,5)37-18-13-24(12-15-6-8-17(9-7-15)36-25(28,29)30)21(34)33(22(35)32(24)14-18)16-10-19(26)31-20(27)11-16/h6-11,18H,12-14H2,1-5H3/t18-,24?/m1/s1. The van der Waals surface area contributed by atoms with Crippen LogP contribution in [0.1, 0.15) is 32.8 Å². The molecule has 2 aliphatic heterocycles. The van der Waals surface area contributed by atoms with E-state index >= 15 is 0 Å². The third-order valence-electron chi connectivity index (χ3n) is 7.42. The molecule has 3 amide bonds. The molecule has 0 spiro atoms. The zero-order chi connectivity index (χ0) is 28.3. The number of halogens is 5. The number of carbonyl (C=O) groups excluding carboxylic acids is 2. The predicted molar refractivity (Wildman–Crippen MR) is 140 cm³/mol. The smallest absolute Gasteiger partial charge is 0.412 e. The van der Waals surface area contributed by atoms with Crippen LogP contribution < -0.4 is 9.64 Å². The Morgan fingerprint density at radius 3 is 2.18 bits per heavy atom. The van der Waals surface area contributed by atoms with E-state index in [1.807, 2.05) is 0 Å². The summed E-state index contributed by atoms with van der Waals surface area (Å²) in [6.07, 6.45) is -4.90. The zero-order valence-electron chi connectivity index (χ0n) is 21.5. The summed E-state index contributed by atoms with van der Waals surface area (Å²) < 4.78 is 48.4. The lowest BCUT2D eigenvalue weighted by molar-refractivity contribution is -0.274. The van der Waals surface area contributed by atoms with Crippen molar-refractivity contribution in [1.29, 1.82) is 0 Å². The van der Waals surface area contributed by atoms with Gasteiger partial charge in [0.05, 0.1) is 11.8 Å². The molecule has 0 saturated carbocycles. The Kier molecular flexibility index (Phi) is 7.31. The summed E-state index contributed by atoms with van der Waals surface area (Å²) in [5, 5.41) is -0.0475. The van der Waals surface area contributed by atoms with Crippen molar-refractivity contribution in [2.24, 2.45) is 0 Å². The summed E-state index contributed by atoms with van der Waals surface area (Å²) in [6.45, 7) is 10.7. The van der Waals surface area contributed by atoms with Gasteiger partial charge in [-0.2, -0.15) is 0 Å². The number of urea groups is 1. The first-order valence-electron chi connectivity index (χ1n) is 11.9. The molecule has 0 bridgehead atoms. The molecule has 4 rings (SSSR count). The van der Waals surface area contributed by atoms with Gasteiger partial charge in [-0.25, -0.2) is 14.7 Å². The molecule has 0 N–H and O–H groups in total. The molecular formula is C25H28Cl2F3N3O4Si. The van der Waals surface area contributed by atoms with Gasteiger partial charge in [0.2, 0.25) is 0 Å². The highest BCUT2D eigenvalue weighted by Crippen LogP contribution is 2.46. The summed E-state index contributed by atoms with van der Waals surface area (Å²) in [6, 6.07) is 7.49. The SMILES string of the molecule is CC(C)(C)[Si](C)(C)O[C@H]1CN2C(=O)N(c3cc(Cl)nc(Cl)c3)C(=O)C2(Cc2ccc(OC(F)(F)F)cc2)C1. The molecule has 2 aromatic rings. The molecule has 3 heterocycles. The van der Waals surface area contributed by atoms with E-state index in [0.717, 1.165) is 4.90 Å². The first-order valence-corrected chi connectivity index (χ1v) is 15.6. The molecule has 2 saturated heterocycles. The molecule has 1 aromatic heterocycles. The molecule has 2 aliphatic rings.